The van der Waals surface area contributed by atoms with Crippen molar-refractivity contribution in [3.05, 3.63) is 24.5 Å². The third kappa shape index (κ3) is 4.52. The summed E-state index contributed by atoms with van der Waals surface area (Å²) in [6.07, 6.45) is 4.21. The molecule has 0 aromatic carbocycles. The van der Waals surface area contributed by atoms with Crippen LogP contribution in [-0.2, 0) is 25.7 Å². The lowest BCUT2D eigenvalue weighted by Crippen LogP contribution is -2.40. The van der Waals surface area contributed by atoms with Gasteiger partial charge in [-0.2, -0.15) is 4.31 Å². The first kappa shape index (κ1) is 19.7. The van der Waals surface area contributed by atoms with Crippen molar-refractivity contribution < 1.29 is 36.8 Å². The van der Waals surface area contributed by atoms with E-state index in [0.717, 1.165) is 19.5 Å². The molecule has 1 saturated heterocycles. The lowest BCUT2D eigenvalue weighted by atomic mass is 10.4. The molecule has 0 radical (unpaired) electrons. The van der Waals surface area contributed by atoms with Crippen molar-refractivity contribution >= 4 is 25.0 Å². The Labute approximate surface area is 140 Å². The van der Waals surface area contributed by atoms with E-state index in [2.05, 4.69) is 0 Å². The number of rotatable bonds is 6. The maximum absolute atomic E-state index is 12.5. The predicted molar refractivity (Wildman–Crippen MR) is 86.2 cm³/mol. The summed E-state index contributed by atoms with van der Waals surface area (Å²) in [7, 11) is -12.6. The zero-order chi connectivity index (χ0) is 18.2. The van der Waals surface area contributed by atoms with Gasteiger partial charge in [-0.25, -0.2) is 13.0 Å². The van der Waals surface area contributed by atoms with E-state index in [0.29, 0.717) is 13.1 Å². The first-order valence-corrected chi connectivity index (χ1v) is 12.6. The topological polar surface area (TPSA) is 136 Å². The van der Waals surface area contributed by atoms with E-state index < -0.39 is 36.9 Å². The fourth-order valence-corrected chi connectivity index (χ4v) is 7.25. The van der Waals surface area contributed by atoms with Crippen LogP contribution in [-0.4, -0.2) is 52.6 Å². The summed E-state index contributed by atoms with van der Waals surface area (Å²) in [5.74, 6) is 0. The molecule has 0 spiro atoms. The Morgan fingerprint density at radius 2 is 1.83 bits per heavy atom. The van der Waals surface area contributed by atoms with Crippen molar-refractivity contribution in [3.63, 3.8) is 0 Å². The molecule has 0 saturated carbocycles. The van der Waals surface area contributed by atoms with E-state index in [4.69, 9.17) is 0 Å². The summed E-state index contributed by atoms with van der Waals surface area (Å²) in [4.78, 5) is 28.2. The Balaban J connectivity index is 2.33. The zero-order valence-electron chi connectivity index (χ0n) is 13.1. The second-order valence-electron chi connectivity index (χ2n) is 5.86. The SMILES string of the molecule is CP(=O)(O)C(C[n+]1cccc(S(=O)(=O)N2CCCC2)c1)P(=O)(O)O. The molecule has 136 valence electrons. The molecule has 24 heavy (non-hydrogen) atoms. The van der Waals surface area contributed by atoms with Crippen LogP contribution in [0.3, 0.4) is 0 Å². The molecule has 2 heterocycles. The molecule has 12 heteroatoms. The van der Waals surface area contributed by atoms with Gasteiger partial charge in [-0.15, -0.1) is 0 Å². The second kappa shape index (κ2) is 6.96. The largest absolute Gasteiger partial charge is 0.344 e. The number of sulfonamides is 1. The van der Waals surface area contributed by atoms with Gasteiger partial charge in [0, 0.05) is 25.8 Å². The molecule has 3 N–H and O–H groups in total. The highest BCUT2D eigenvalue weighted by Gasteiger charge is 2.44. The standard InChI is InChI=1S/C12H20N2O7P2S/c1-22(15,16)12(23(17,18)19)10-13-6-4-5-11(9-13)24(20,21)14-7-2-3-8-14/h4-6,9,12H,2-3,7-8,10H2,1H3,(H2-,15,16,17,18,19)/p+1. The van der Waals surface area contributed by atoms with Crippen molar-refractivity contribution in [2.75, 3.05) is 19.8 Å². The normalized spacial score (nSPS) is 20.7. The van der Waals surface area contributed by atoms with Gasteiger partial charge in [0.1, 0.15) is 4.90 Å². The van der Waals surface area contributed by atoms with E-state index in [1.54, 1.807) is 0 Å². The maximum Gasteiger partial charge on any atom is 0.344 e. The zero-order valence-corrected chi connectivity index (χ0v) is 15.7. The molecule has 1 fully saturated rings. The molecule has 0 amide bonds. The van der Waals surface area contributed by atoms with Crippen molar-refractivity contribution in [2.24, 2.45) is 0 Å². The van der Waals surface area contributed by atoms with Gasteiger partial charge in [-0.1, -0.05) is 0 Å². The lowest BCUT2D eigenvalue weighted by Gasteiger charge is -2.18. The quantitative estimate of drug-likeness (QED) is 0.458. The Bertz CT molecular complexity index is 773. The van der Waals surface area contributed by atoms with Crippen LogP contribution in [0, 0.1) is 0 Å². The van der Waals surface area contributed by atoms with Crippen LogP contribution < -0.4 is 4.57 Å². The van der Waals surface area contributed by atoms with Crippen LogP contribution in [0.1, 0.15) is 12.8 Å². The second-order valence-corrected chi connectivity index (χ2v) is 12.5. The van der Waals surface area contributed by atoms with Gasteiger partial charge < -0.3 is 14.7 Å². The van der Waals surface area contributed by atoms with Gasteiger partial charge >= 0.3 is 7.60 Å². The number of aromatic nitrogens is 1. The molecule has 1 aliphatic heterocycles. The summed E-state index contributed by atoms with van der Waals surface area (Å²) in [6.45, 7) is 1.28. The Morgan fingerprint density at radius 3 is 2.33 bits per heavy atom. The van der Waals surface area contributed by atoms with E-state index in [-0.39, 0.29) is 4.90 Å². The lowest BCUT2D eigenvalue weighted by molar-refractivity contribution is -0.696. The first-order valence-electron chi connectivity index (χ1n) is 7.27. The highest BCUT2D eigenvalue weighted by Crippen LogP contribution is 2.60. The van der Waals surface area contributed by atoms with Crippen LogP contribution in [0.25, 0.3) is 0 Å². The molecule has 9 nitrogen and oxygen atoms in total. The monoisotopic (exact) mass is 399 g/mol. The molecule has 1 aliphatic rings. The molecule has 1 aromatic heterocycles. The number of pyridine rings is 1. The number of hydrogen-bond donors (Lipinski definition) is 3. The van der Waals surface area contributed by atoms with Crippen molar-refractivity contribution in [1.29, 1.82) is 0 Å². The van der Waals surface area contributed by atoms with Crippen molar-refractivity contribution in [3.8, 4) is 0 Å². The average Bonchev–Trinajstić information content (AvgIpc) is 2.97. The minimum absolute atomic E-state index is 0.0137. The van der Waals surface area contributed by atoms with Gasteiger partial charge in [0.25, 0.3) is 0 Å². The van der Waals surface area contributed by atoms with Crippen molar-refractivity contribution in [1.82, 2.24) is 4.31 Å². The Kier molecular flexibility index (Phi) is 5.72. The number of hydrogen-bond acceptors (Lipinski definition) is 4. The molecule has 2 atom stereocenters. The fraction of sp³-hybridized carbons (Fsp3) is 0.583. The molecule has 0 aliphatic carbocycles. The van der Waals surface area contributed by atoms with Crippen LogP contribution in [0.15, 0.2) is 29.4 Å². The van der Waals surface area contributed by atoms with Crippen LogP contribution >= 0.6 is 15.0 Å². The highest BCUT2D eigenvalue weighted by atomic mass is 32.2. The fourth-order valence-electron chi connectivity index (χ4n) is 2.57. The van der Waals surface area contributed by atoms with Gasteiger partial charge in [0.15, 0.2) is 24.3 Å². The molecule has 2 rings (SSSR count). The van der Waals surface area contributed by atoms with Gasteiger partial charge in [-0.05, 0) is 18.9 Å². The molecule has 0 bridgehead atoms. The van der Waals surface area contributed by atoms with Crippen LogP contribution in [0.4, 0.5) is 0 Å². The molecular formula is C12H21N2O7P2S+. The average molecular weight is 399 g/mol. The van der Waals surface area contributed by atoms with Gasteiger partial charge in [0.05, 0.1) is 0 Å². The van der Waals surface area contributed by atoms with E-state index >= 15 is 0 Å². The summed E-state index contributed by atoms with van der Waals surface area (Å²) >= 11 is 0. The molecule has 1 aromatic rings. The van der Waals surface area contributed by atoms with Crippen molar-refractivity contribution in [2.45, 2.75) is 29.7 Å². The summed E-state index contributed by atoms with van der Waals surface area (Å²) in [5, 5.41) is -1.79. The maximum atomic E-state index is 12.5. The van der Waals surface area contributed by atoms with Crippen LogP contribution in [0.5, 0.6) is 0 Å². The Morgan fingerprint density at radius 1 is 1.25 bits per heavy atom. The van der Waals surface area contributed by atoms with Gasteiger partial charge in [-0.3, -0.25) is 9.13 Å². The third-order valence-electron chi connectivity index (χ3n) is 3.85. The predicted octanol–water partition coefficient (Wildman–Crippen LogP) is 0.163. The first-order chi connectivity index (χ1) is 10.9. The van der Waals surface area contributed by atoms with E-state index in [1.165, 1.54) is 33.4 Å². The minimum Gasteiger partial charge on any atom is -0.344 e. The number of nitrogens with zero attached hydrogens (tertiary/aromatic N) is 2. The minimum atomic E-state index is -4.83. The van der Waals surface area contributed by atoms with Gasteiger partial charge in [0.2, 0.25) is 17.4 Å². The third-order valence-corrected chi connectivity index (χ3v) is 10.1. The smallest absolute Gasteiger partial charge is 0.344 e. The highest BCUT2D eigenvalue weighted by molar-refractivity contribution is 7.89. The molecule has 2 unspecified atom stereocenters. The van der Waals surface area contributed by atoms with E-state index in [1.807, 2.05) is 0 Å². The van der Waals surface area contributed by atoms with E-state index in [9.17, 15) is 32.2 Å². The summed E-state index contributed by atoms with van der Waals surface area (Å²) < 4.78 is 50.9. The molecular weight excluding hydrogens is 378 g/mol. The van der Waals surface area contributed by atoms with Crippen LogP contribution in [0.2, 0.25) is 0 Å². The summed E-state index contributed by atoms with van der Waals surface area (Å²) in [6, 6.07) is 2.82. The Hall–Kier alpha value is -0.600. The summed E-state index contributed by atoms with van der Waals surface area (Å²) in [5.41, 5.74) is 0.